The summed E-state index contributed by atoms with van der Waals surface area (Å²) in [4.78, 5) is 79.0. The van der Waals surface area contributed by atoms with Crippen LogP contribution in [0.2, 0.25) is 10.0 Å². The Morgan fingerprint density at radius 1 is 0.530 bits per heavy atom. The molecule has 342 valence electrons. The molecule has 0 aliphatic heterocycles. The maximum Gasteiger partial charge on any atom is 0.258 e. The number of halogens is 4. The monoisotopic (exact) mass is 974 g/mol. The average Bonchev–Trinajstić information content (AvgIpc) is 3.29. The summed E-state index contributed by atoms with van der Waals surface area (Å²) in [5, 5.41) is 26.7. The van der Waals surface area contributed by atoms with Crippen molar-refractivity contribution in [3.05, 3.63) is 129 Å². The summed E-state index contributed by atoms with van der Waals surface area (Å²) in [6, 6.07) is 22.1. The van der Waals surface area contributed by atoms with Gasteiger partial charge in [-0.3, -0.25) is 28.8 Å². The summed E-state index contributed by atoms with van der Waals surface area (Å²) in [5.41, 5.74) is 2.97. The second-order valence-corrected chi connectivity index (χ2v) is 15.3. The molecule has 0 aliphatic carbocycles. The zero-order chi connectivity index (χ0) is 47.9. The van der Waals surface area contributed by atoms with E-state index >= 15 is 0 Å². The van der Waals surface area contributed by atoms with E-state index in [9.17, 15) is 28.8 Å². The first-order valence-corrected chi connectivity index (χ1v) is 21.9. The highest BCUT2D eigenvalue weighted by Gasteiger charge is 2.29. The smallest absolute Gasteiger partial charge is 0.258 e. The molecule has 0 spiro atoms. The average molecular weight is 977 g/mol. The Hall–Kier alpha value is -6.72. The van der Waals surface area contributed by atoms with E-state index in [0.29, 0.717) is 23.1 Å². The Morgan fingerprint density at radius 2 is 0.894 bits per heavy atom. The van der Waals surface area contributed by atoms with Gasteiger partial charge in [0.05, 0.1) is 45.8 Å². The van der Waals surface area contributed by atoms with Crippen molar-refractivity contribution in [3.63, 3.8) is 0 Å². The number of nitrogens with zero attached hydrogens (tertiary/aromatic N) is 4. The molecule has 4 N–H and O–H groups in total. The quantitative estimate of drug-likeness (QED) is 0.0333. The molecule has 0 heterocycles. The van der Waals surface area contributed by atoms with Crippen LogP contribution in [0.3, 0.4) is 0 Å². The van der Waals surface area contributed by atoms with Gasteiger partial charge in [0, 0.05) is 23.1 Å². The van der Waals surface area contributed by atoms with Crippen LogP contribution >= 0.6 is 46.4 Å². The van der Waals surface area contributed by atoms with Crippen molar-refractivity contribution in [2.45, 2.75) is 51.5 Å². The minimum Gasteiger partial charge on any atom is -0.488 e. The van der Waals surface area contributed by atoms with Crippen molar-refractivity contribution >= 4 is 116 Å². The summed E-state index contributed by atoms with van der Waals surface area (Å²) in [7, 11) is 0. The first-order chi connectivity index (χ1) is 31.7. The lowest BCUT2D eigenvalue weighted by atomic mass is 10.1. The second-order valence-electron chi connectivity index (χ2n) is 14.0. The van der Waals surface area contributed by atoms with Crippen LogP contribution in [-0.2, 0) is 30.9 Å². The van der Waals surface area contributed by atoms with Crippen molar-refractivity contribution in [1.29, 1.82) is 0 Å². The van der Waals surface area contributed by atoms with Crippen LogP contribution in [0.1, 0.15) is 59.5 Å². The number of anilines is 4. The summed E-state index contributed by atoms with van der Waals surface area (Å²) < 4.78 is 11.7. The third-order valence-corrected chi connectivity index (χ3v) is 10.6. The van der Waals surface area contributed by atoms with Crippen LogP contribution in [0.5, 0.6) is 11.5 Å². The first-order valence-electron chi connectivity index (χ1n) is 20.1. The van der Waals surface area contributed by atoms with Gasteiger partial charge in [0.15, 0.2) is 23.1 Å². The Morgan fingerprint density at radius 3 is 1.21 bits per heavy atom. The number of hydrogen-bond acceptors (Lipinski definition) is 12. The van der Waals surface area contributed by atoms with E-state index in [1.165, 1.54) is 48.5 Å². The van der Waals surface area contributed by atoms with Crippen LogP contribution in [0.15, 0.2) is 118 Å². The number of Topliss-reactive ketones (excluding diaryl/α,β-unsaturated/α-hetero) is 2. The first kappa shape index (κ1) is 50.3. The molecule has 4 amide bonds. The van der Waals surface area contributed by atoms with Crippen LogP contribution in [-0.4, -0.2) is 60.5 Å². The van der Waals surface area contributed by atoms with E-state index in [1.807, 2.05) is 0 Å². The number of nitrogens with one attached hydrogen (secondary N) is 4. The molecular formula is C46H42Cl4N8O8. The highest BCUT2D eigenvalue weighted by Crippen LogP contribution is 2.42. The maximum atomic E-state index is 13.7. The van der Waals surface area contributed by atoms with Gasteiger partial charge in [0.1, 0.15) is 11.4 Å². The van der Waals surface area contributed by atoms with Crippen LogP contribution in [0, 0.1) is 0 Å². The van der Waals surface area contributed by atoms with Gasteiger partial charge in [0.25, 0.3) is 23.6 Å². The summed E-state index contributed by atoms with van der Waals surface area (Å²) in [6.07, 6.45) is 0. The van der Waals surface area contributed by atoms with Gasteiger partial charge in [-0.15, -0.1) is 23.2 Å². The molecule has 0 radical (unpaired) electrons. The molecule has 5 aromatic rings. The Bertz CT molecular complexity index is 2500. The molecule has 2 unspecified atom stereocenters. The largest absolute Gasteiger partial charge is 0.488 e. The SMILES string of the molecule is CCOc1c(NC(=O)C(N=Nc2cccc(C(=O)Nc3ccc(CCl)cc3)c2Cl)C(C)=O)ccc(NC(=O)C(N=Nc2cccc(C(=O)Nc3ccc(CCl)cc3)c2Cl)C(C)=O)c1OCC. The number of alkyl halides is 2. The fraction of sp³-hybridized carbons (Fsp3) is 0.217. The van der Waals surface area contributed by atoms with Gasteiger partial charge in [-0.1, -0.05) is 59.6 Å². The lowest BCUT2D eigenvalue weighted by Crippen LogP contribution is -2.32. The molecule has 0 aliphatic rings. The van der Waals surface area contributed by atoms with Crippen LogP contribution in [0.4, 0.5) is 34.1 Å². The van der Waals surface area contributed by atoms with Crippen LogP contribution < -0.4 is 30.7 Å². The number of amides is 4. The van der Waals surface area contributed by atoms with Crippen LogP contribution in [0.25, 0.3) is 0 Å². The zero-order valence-electron chi connectivity index (χ0n) is 35.8. The van der Waals surface area contributed by atoms with E-state index in [4.69, 9.17) is 55.9 Å². The van der Waals surface area contributed by atoms with Gasteiger partial charge in [-0.05, 0) is 99.5 Å². The van der Waals surface area contributed by atoms with Gasteiger partial charge in [-0.25, -0.2) is 0 Å². The third kappa shape index (κ3) is 13.0. The molecule has 0 bridgehead atoms. The molecule has 16 nitrogen and oxygen atoms in total. The van der Waals surface area contributed by atoms with Gasteiger partial charge in [-0.2, -0.15) is 20.5 Å². The fourth-order valence-corrected chi connectivity index (χ4v) is 6.77. The topological polar surface area (TPSA) is 218 Å². The van der Waals surface area contributed by atoms with Crippen molar-refractivity contribution in [2.24, 2.45) is 20.5 Å². The number of carbonyl (C=O) groups is 6. The molecule has 0 aromatic heterocycles. The normalized spacial score (nSPS) is 12.0. The fourth-order valence-electron chi connectivity index (χ4n) is 5.91. The number of azo groups is 2. The molecule has 0 fully saturated rings. The zero-order valence-corrected chi connectivity index (χ0v) is 38.8. The number of carbonyl (C=O) groups excluding carboxylic acids is 6. The third-order valence-electron chi connectivity index (χ3n) is 9.21. The molecule has 20 heteroatoms. The minimum atomic E-state index is -1.68. The van der Waals surface area contributed by atoms with Gasteiger partial charge >= 0.3 is 0 Å². The predicted octanol–water partition coefficient (Wildman–Crippen LogP) is 11.1. The second kappa shape index (κ2) is 24.0. The van der Waals surface area contributed by atoms with Crippen molar-refractivity contribution in [2.75, 3.05) is 34.5 Å². The Labute approximate surface area is 399 Å². The number of ether oxygens (including phenoxy) is 2. The van der Waals surface area contributed by atoms with E-state index in [0.717, 1.165) is 25.0 Å². The predicted molar refractivity (Wildman–Crippen MR) is 255 cm³/mol. The number of benzene rings is 5. The molecule has 66 heavy (non-hydrogen) atoms. The Kier molecular flexibility index (Phi) is 18.3. The standard InChI is InChI=1S/C46H42Cl4N8O8/c1-5-65-41-35(53-45(63)39(25(3)59)57-55-33-11-7-9-31(37(33)49)43(61)51-29-17-13-27(23-47)14-18-29)21-22-36(42(41)66-6-2)54-46(64)40(26(4)60)58-56-34-12-8-10-32(38(34)50)44(62)52-30-19-15-28(24-48)16-20-30/h7-22,39-40H,5-6,23-24H2,1-4H3,(H,51,61)(H,52,62)(H,53,63)(H,54,64). The number of ketones is 2. The molecule has 5 rings (SSSR count). The lowest BCUT2D eigenvalue weighted by Gasteiger charge is -2.20. The number of hydrogen-bond donors (Lipinski definition) is 4. The van der Waals surface area contributed by atoms with E-state index in [-0.39, 0.29) is 68.6 Å². The molecule has 2 atom stereocenters. The van der Waals surface area contributed by atoms with Gasteiger partial charge in [0.2, 0.25) is 12.1 Å². The maximum absolute atomic E-state index is 13.7. The van der Waals surface area contributed by atoms with E-state index in [2.05, 4.69) is 41.7 Å². The van der Waals surface area contributed by atoms with Gasteiger partial charge < -0.3 is 30.7 Å². The van der Waals surface area contributed by atoms with Crippen molar-refractivity contribution in [1.82, 2.24) is 0 Å². The molecular weight excluding hydrogens is 934 g/mol. The minimum absolute atomic E-state index is 0.0165. The highest BCUT2D eigenvalue weighted by molar-refractivity contribution is 6.37. The summed E-state index contributed by atoms with van der Waals surface area (Å²) >= 11 is 24.8. The van der Waals surface area contributed by atoms with Crippen molar-refractivity contribution < 1.29 is 38.2 Å². The van der Waals surface area contributed by atoms with Crippen molar-refractivity contribution in [3.8, 4) is 11.5 Å². The highest BCUT2D eigenvalue weighted by atomic mass is 35.5. The molecule has 5 aromatic carbocycles. The number of rotatable bonds is 20. The molecule has 0 saturated carbocycles. The lowest BCUT2D eigenvalue weighted by molar-refractivity contribution is -0.127. The Balaban J connectivity index is 1.34. The van der Waals surface area contributed by atoms with E-state index < -0.39 is 47.3 Å². The van der Waals surface area contributed by atoms with E-state index in [1.54, 1.807) is 62.4 Å². The molecule has 0 saturated heterocycles. The summed E-state index contributed by atoms with van der Waals surface area (Å²) in [6.45, 7) is 5.77. The summed E-state index contributed by atoms with van der Waals surface area (Å²) in [5.74, 6) is -3.67.